The van der Waals surface area contributed by atoms with Crippen LogP contribution in [0.25, 0.3) is 0 Å². The van der Waals surface area contributed by atoms with Gasteiger partial charge in [-0.05, 0) is 51.1 Å². The lowest BCUT2D eigenvalue weighted by molar-refractivity contribution is 0.0328. The Bertz CT molecular complexity index is 224. The minimum Gasteiger partial charge on any atom is -0.381 e. The van der Waals surface area contributed by atoms with Crippen LogP contribution in [0.3, 0.4) is 0 Å². The van der Waals surface area contributed by atoms with Crippen molar-refractivity contribution in [3.8, 4) is 0 Å². The molecule has 0 bridgehead atoms. The molecule has 1 atom stereocenters. The summed E-state index contributed by atoms with van der Waals surface area (Å²) in [4.78, 5) is 2.74. The van der Waals surface area contributed by atoms with Gasteiger partial charge >= 0.3 is 0 Å². The van der Waals surface area contributed by atoms with E-state index in [0.717, 1.165) is 31.2 Å². The van der Waals surface area contributed by atoms with E-state index in [-0.39, 0.29) is 0 Å². The lowest BCUT2D eigenvalue weighted by Crippen LogP contribution is -2.45. The smallest absolute Gasteiger partial charge is 0.0480 e. The van der Waals surface area contributed by atoms with Gasteiger partial charge in [-0.3, -0.25) is 4.90 Å². The van der Waals surface area contributed by atoms with Gasteiger partial charge in [0.2, 0.25) is 0 Å². The van der Waals surface area contributed by atoms with Gasteiger partial charge in [-0.25, -0.2) is 0 Å². The Morgan fingerprint density at radius 3 is 2.62 bits per heavy atom. The molecule has 3 nitrogen and oxygen atoms in total. The molecule has 0 aromatic carbocycles. The summed E-state index contributed by atoms with van der Waals surface area (Å²) in [5, 5.41) is 3.74. The van der Waals surface area contributed by atoms with Crippen molar-refractivity contribution in [2.24, 2.45) is 5.92 Å². The number of rotatable bonds is 2. The maximum atomic E-state index is 5.47. The minimum absolute atomic E-state index is 0.783. The van der Waals surface area contributed by atoms with Crippen LogP contribution in [0.4, 0.5) is 0 Å². The van der Waals surface area contributed by atoms with E-state index in [1.807, 2.05) is 0 Å². The molecule has 0 spiro atoms. The fourth-order valence-electron chi connectivity index (χ4n) is 3.17. The molecular weight excluding hydrogens is 200 g/mol. The van der Waals surface area contributed by atoms with Gasteiger partial charge in [0.25, 0.3) is 0 Å². The van der Waals surface area contributed by atoms with Crippen molar-refractivity contribution < 1.29 is 4.74 Å². The van der Waals surface area contributed by atoms with Crippen LogP contribution in [0.1, 0.15) is 32.1 Å². The third-order valence-corrected chi connectivity index (χ3v) is 4.36. The minimum atomic E-state index is 0.783. The molecule has 3 rings (SSSR count). The maximum absolute atomic E-state index is 5.47. The van der Waals surface area contributed by atoms with Gasteiger partial charge < -0.3 is 10.1 Å². The predicted molar refractivity (Wildman–Crippen MR) is 64.5 cm³/mol. The fourth-order valence-corrected chi connectivity index (χ4v) is 3.17. The zero-order valence-corrected chi connectivity index (χ0v) is 10.2. The molecule has 1 aliphatic carbocycles. The highest BCUT2D eigenvalue weighted by Gasteiger charge is 2.34. The van der Waals surface area contributed by atoms with E-state index in [1.165, 1.54) is 51.7 Å². The van der Waals surface area contributed by atoms with Crippen molar-refractivity contribution in [2.75, 3.05) is 32.8 Å². The summed E-state index contributed by atoms with van der Waals surface area (Å²) in [5.74, 6) is 0.987. The summed E-state index contributed by atoms with van der Waals surface area (Å²) < 4.78 is 5.47. The van der Waals surface area contributed by atoms with Crippen LogP contribution in [0.2, 0.25) is 0 Å². The summed E-state index contributed by atoms with van der Waals surface area (Å²) in [7, 11) is 0. The summed E-state index contributed by atoms with van der Waals surface area (Å²) >= 11 is 0. The Labute approximate surface area is 98.5 Å². The van der Waals surface area contributed by atoms with Crippen molar-refractivity contribution in [3.63, 3.8) is 0 Å². The molecule has 0 amide bonds. The Morgan fingerprint density at radius 1 is 1.06 bits per heavy atom. The van der Waals surface area contributed by atoms with Crippen molar-refractivity contribution in [1.29, 1.82) is 0 Å². The van der Waals surface area contributed by atoms with E-state index < -0.39 is 0 Å². The number of hydrogen-bond donors (Lipinski definition) is 1. The molecule has 3 aliphatic rings. The molecule has 1 unspecified atom stereocenters. The van der Waals surface area contributed by atoms with Crippen LogP contribution in [0, 0.1) is 5.92 Å². The average Bonchev–Trinajstić information content (AvgIpc) is 3.16. The van der Waals surface area contributed by atoms with E-state index in [4.69, 9.17) is 4.74 Å². The highest BCUT2D eigenvalue weighted by Crippen LogP contribution is 2.34. The largest absolute Gasteiger partial charge is 0.381 e. The quantitative estimate of drug-likeness (QED) is 0.764. The van der Waals surface area contributed by atoms with Gasteiger partial charge in [0.05, 0.1) is 0 Å². The Kier molecular flexibility index (Phi) is 3.46. The third-order valence-electron chi connectivity index (χ3n) is 4.36. The summed E-state index contributed by atoms with van der Waals surface area (Å²) in [6, 6.07) is 1.58. The lowest BCUT2D eigenvalue weighted by Gasteiger charge is -2.35. The van der Waals surface area contributed by atoms with E-state index in [1.54, 1.807) is 0 Å². The molecule has 3 fully saturated rings. The van der Waals surface area contributed by atoms with Gasteiger partial charge in [0.15, 0.2) is 0 Å². The second-order valence-electron chi connectivity index (χ2n) is 5.59. The Balaban J connectivity index is 1.58. The van der Waals surface area contributed by atoms with Crippen LogP contribution in [0.5, 0.6) is 0 Å². The maximum Gasteiger partial charge on any atom is 0.0480 e. The molecule has 0 aromatic heterocycles. The predicted octanol–water partition coefficient (Wildman–Crippen LogP) is 1.24. The lowest BCUT2D eigenvalue weighted by atomic mass is 10.1. The number of nitrogens with zero attached hydrogens (tertiary/aromatic N) is 1. The van der Waals surface area contributed by atoms with Gasteiger partial charge in [-0.1, -0.05) is 0 Å². The molecule has 92 valence electrons. The first-order chi connectivity index (χ1) is 7.93. The van der Waals surface area contributed by atoms with Crippen molar-refractivity contribution >= 4 is 0 Å². The molecule has 2 saturated heterocycles. The average molecular weight is 224 g/mol. The molecule has 2 heterocycles. The molecule has 0 aromatic rings. The first-order valence-electron chi connectivity index (χ1n) is 6.98. The van der Waals surface area contributed by atoms with Crippen LogP contribution in [-0.2, 0) is 4.74 Å². The number of ether oxygens (including phenoxy) is 1. The van der Waals surface area contributed by atoms with Crippen molar-refractivity contribution in [2.45, 2.75) is 44.2 Å². The molecular formula is C13H24N2O. The highest BCUT2D eigenvalue weighted by atomic mass is 16.5. The van der Waals surface area contributed by atoms with Gasteiger partial charge in [0.1, 0.15) is 0 Å². The van der Waals surface area contributed by atoms with Crippen molar-refractivity contribution in [3.05, 3.63) is 0 Å². The van der Waals surface area contributed by atoms with E-state index >= 15 is 0 Å². The third kappa shape index (κ3) is 2.58. The van der Waals surface area contributed by atoms with E-state index in [9.17, 15) is 0 Å². The molecule has 0 radical (unpaired) electrons. The van der Waals surface area contributed by atoms with Crippen molar-refractivity contribution in [1.82, 2.24) is 10.2 Å². The molecule has 1 N–H and O–H groups in total. The zero-order valence-electron chi connectivity index (χ0n) is 10.2. The van der Waals surface area contributed by atoms with Crippen LogP contribution in [0.15, 0.2) is 0 Å². The second kappa shape index (κ2) is 5.03. The monoisotopic (exact) mass is 224 g/mol. The summed E-state index contributed by atoms with van der Waals surface area (Å²) in [5.41, 5.74) is 0. The Morgan fingerprint density at radius 2 is 1.88 bits per heavy atom. The van der Waals surface area contributed by atoms with E-state index in [0.29, 0.717) is 0 Å². The number of nitrogens with one attached hydrogen (secondary N) is 1. The second-order valence-corrected chi connectivity index (χ2v) is 5.59. The highest BCUT2D eigenvalue weighted by molar-refractivity contribution is 4.91. The SMILES string of the molecule is C1CNC(C2CC2)CN(C2CCOCC2)C1. The van der Waals surface area contributed by atoms with Gasteiger partial charge in [-0.2, -0.15) is 0 Å². The van der Waals surface area contributed by atoms with Crippen LogP contribution >= 0.6 is 0 Å². The molecule has 16 heavy (non-hydrogen) atoms. The normalized spacial score (nSPS) is 34.9. The first kappa shape index (κ1) is 11.0. The zero-order chi connectivity index (χ0) is 10.8. The fraction of sp³-hybridized carbons (Fsp3) is 1.00. The Hall–Kier alpha value is -0.120. The topological polar surface area (TPSA) is 24.5 Å². The van der Waals surface area contributed by atoms with Crippen LogP contribution in [-0.4, -0.2) is 49.8 Å². The standard InChI is InChI=1S/C13H24N2O/c1-6-14-13(11-2-3-11)10-15(7-1)12-4-8-16-9-5-12/h11-14H,1-10H2. The molecule has 2 aliphatic heterocycles. The summed E-state index contributed by atoms with van der Waals surface area (Å²) in [6.45, 7) is 5.75. The van der Waals surface area contributed by atoms with E-state index in [2.05, 4.69) is 10.2 Å². The molecule has 3 heteroatoms. The van der Waals surface area contributed by atoms with Crippen LogP contribution < -0.4 is 5.32 Å². The molecule has 1 saturated carbocycles. The first-order valence-corrected chi connectivity index (χ1v) is 6.98. The van der Waals surface area contributed by atoms with Gasteiger partial charge in [0, 0.05) is 31.8 Å². The summed E-state index contributed by atoms with van der Waals surface area (Å²) in [6.07, 6.45) is 6.73. The number of hydrogen-bond acceptors (Lipinski definition) is 3. The van der Waals surface area contributed by atoms with Gasteiger partial charge in [-0.15, -0.1) is 0 Å².